The number of hydrogen-bond donors (Lipinski definition) is 0. The van der Waals surface area contributed by atoms with Crippen LogP contribution in [0.25, 0.3) is 0 Å². The van der Waals surface area contributed by atoms with E-state index in [1.807, 2.05) is 6.92 Å². The number of sulfonamides is 1. The SMILES string of the molecule is CCN(CCCCl)S(C)(=O)=O. The van der Waals surface area contributed by atoms with Gasteiger partial charge in [-0.3, -0.25) is 0 Å². The maximum absolute atomic E-state index is 11.0. The Morgan fingerprint density at radius 3 is 2.27 bits per heavy atom. The molecular formula is C6H14ClNO2S. The molecule has 3 nitrogen and oxygen atoms in total. The van der Waals surface area contributed by atoms with Crippen molar-refractivity contribution in [3.05, 3.63) is 0 Å². The minimum Gasteiger partial charge on any atom is -0.213 e. The van der Waals surface area contributed by atoms with Gasteiger partial charge in [-0.1, -0.05) is 6.92 Å². The van der Waals surface area contributed by atoms with Crippen molar-refractivity contribution in [2.45, 2.75) is 13.3 Å². The third-order valence-electron chi connectivity index (χ3n) is 1.36. The average molecular weight is 200 g/mol. The van der Waals surface area contributed by atoms with Crippen LogP contribution in [0, 0.1) is 0 Å². The summed E-state index contributed by atoms with van der Waals surface area (Å²) in [4.78, 5) is 0. The van der Waals surface area contributed by atoms with Crippen LogP contribution in [0.5, 0.6) is 0 Å². The first-order valence-corrected chi connectivity index (χ1v) is 5.91. The van der Waals surface area contributed by atoms with Crippen molar-refractivity contribution in [3.63, 3.8) is 0 Å². The van der Waals surface area contributed by atoms with Crippen LogP contribution >= 0.6 is 11.6 Å². The van der Waals surface area contributed by atoms with E-state index in [-0.39, 0.29) is 0 Å². The van der Waals surface area contributed by atoms with E-state index in [0.717, 1.165) is 0 Å². The Kier molecular flexibility index (Phi) is 5.04. The fourth-order valence-corrected chi connectivity index (χ4v) is 1.84. The van der Waals surface area contributed by atoms with Gasteiger partial charge >= 0.3 is 0 Å². The summed E-state index contributed by atoms with van der Waals surface area (Å²) in [5.41, 5.74) is 0. The number of nitrogens with zero attached hydrogens (tertiary/aromatic N) is 1. The van der Waals surface area contributed by atoms with Gasteiger partial charge in [0.2, 0.25) is 10.0 Å². The number of hydrogen-bond acceptors (Lipinski definition) is 2. The first-order valence-electron chi connectivity index (χ1n) is 3.53. The molecule has 0 N–H and O–H groups in total. The Balaban J connectivity index is 3.97. The van der Waals surface area contributed by atoms with Gasteiger partial charge in [0.05, 0.1) is 6.26 Å². The smallest absolute Gasteiger partial charge is 0.211 e. The van der Waals surface area contributed by atoms with E-state index in [4.69, 9.17) is 11.6 Å². The van der Waals surface area contributed by atoms with Crippen molar-refractivity contribution < 1.29 is 8.42 Å². The summed E-state index contributed by atoms with van der Waals surface area (Å²) < 4.78 is 23.3. The van der Waals surface area contributed by atoms with E-state index in [1.165, 1.54) is 10.6 Å². The van der Waals surface area contributed by atoms with Gasteiger partial charge < -0.3 is 0 Å². The zero-order chi connectivity index (χ0) is 8.91. The van der Waals surface area contributed by atoms with E-state index < -0.39 is 10.0 Å². The topological polar surface area (TPSA) is 37.4 Å². The molecule has 68 valence electrons. The summed E-state index contributed by atoms with van der Waals surface area (Å²) in [5.74, 6) is 0.506. The molecule has 0 bridgehead atoms. The third kappa shape index (κ3) is 4.61. The van der Waals surface area contributed by atoms with Crippen LogP contribution < -0.4 is 0 Å². The van der Waals surface area contributed by atoms with Gasteiger partial charge in [-0.05, 0) is 6.42 Å². The fourth-order valence-electron chi connectivity index (χ4n) is 0.795. The molecule has 0 spiro atoms. The lowest BCUT2D eigenvalue weighted by Gasteiger charge is -2.16. The molecule has 0 saturated carbocycles. The summed E-state index contributed by atoms with van der Waals surface area (Å²) in [7, 11) is -3.01. The van der Waals surface area contributed by atoms with Crippen LogP contribution in [0.4, 0.5) is 0 Å². The Hall–Kier alpha value is 0.200. The van der Waals surface area contributed by atoms with Crippen molar-refractivity contribution in [1.29, 1.82) is 0 Å². The molecule has 0 aliphatic heterocycles. The van der Waals surface area contributed by atoms with Crippen molar-refractivity contribution in [2.75, 3.05) is 25.2 Å². The first-order chi connectivity index (χ1) is 5.02. The van der Waals surface area contributed by atoms with Crippen LogP contribution in [-0.2, 0) is 10.0 Å². The highest BCUT2D eigenvalue weighted by Gasteiger charge is 2.12. The second kappa shape index (κ2) is 4.95. The Labute approximate surface area is 73.4 Å². The van der Waals surface area contributed by atoms with Crippen molar-refractivity contribution in [2.24, 2.45) is 0 Å². The number of alkyl halides is 1. The third-order valence-corrected chi connectivity index (χ3v) is 3.01. The quantitative estimate of drug-likeness (QED) is 0.617. The highest BCUT2D eigenvalue weighted by atomic mass is 35.5. The molecule has 5 heteroatoms. The lowest BCUT2D eigenvalue weighted by Crippen LogP contribution is -2.30. The van der Waals surface area contributed by atoms with Gasteiger partial charge in [-0.15, -0.1) is 11.6 Å². The van der Waals surface area contributed by atoms with E-state index in [0.29, 0.717) is 25.4 Å². The first kappa shape index (κ1) is 11.2. The number of halogens is 1. The minimum absolute atomic E-state index is 0.506. The van der Waals surface area contributed by atoms with E-state index >= 15 is 0 Å². The lowest BCUT2D eigenvalue weighted by molar-refractivity contribution is 0.432. The molecule has 0 aromatic rings. The predicted octanol–water partition coefficient (Wildman–Crippen LogP) is 0.897. The summed E-state index contributed by atoms with van der Waals surface area (Å²) in [6, 6.07) is 0. The summed E-state index contributed by atoms with van der Waals surface area (Å²) in [5, 5.41) is 0. The molecule has 0 rings (SSSR count). The minimum atomic E-state index is -3.01. The molecule has 11 heavy (non-hydrogen) atoms. The molecule has 0 radical (unpaired) electrons. The summed E-state index contributed by atoms with van der Waals surface area (Å²) in [6.45, 7) is 2.86. The van der Waals surface area contributed by atoms with Crippen LogP contribution in [0.15, 0.2) is 0 Å². The van der Waals surface area contributed by atoms with Gasteiger partial charge in [0.1, 0.15) is 0 Å². The average Bonchev–Trinajstić information content (AvgIpc) is 1.87. The van der Waals surface area contributed by atoms with Crippen molar-refractivity contribution >= 4 is 21.6 Å². The van der Waals surface area contributed by atoms with Crippen LogP contribution in [-0.4, -0.2) is 37.9 Å². The highest BCUT2D eigenvalue weighted by molar-refractivity contribution is 7.88. The zero-order valence-corrected chi connectivity index (χ0v) is 8.45. The van der Waals surface area contributed by atoms with E-state index in [9.17, 15) is 8.42 Å². The van der Waals surface area contributed by atoms with E-state index in [2.05, 4.69) is 0 Å². The molecule has 0 aromatic heterocycles. The van der Waals surface area contributed by atoms with E-state index in [1.54, 1.807) is 0 Å². The maximum Gasteiger partial charge on any atom is 0.211 e. The summed E-state index contributed by atoms with van der Waals surface area (Å²) >= 11 is 5.43. The van der Waals surface area contributed by atoms with Gasteiger partial charge in [0, 0.05) is 19.0 Å². The normalized spacial score (nSPS) is 12.4. The van der Waals surface area contributed by atoms with Crippen LogP contribution in [0.2, 0.25) is 0 Å². The Bertz CT molecular complexity index is 191. The molecule has 0 unspecified atom stereocenters. The molecule has 0 amide bonds. The predicted molar refractivity (Wildman–Crippen MR) is 47.4 cm³/mol. The highest BCUT2D eigenvalue weighted by Crippen LogP contribution is 1.99. The van der Waals surface area contributed by atoms with Gasteiger partial charge in [0.25, 0.3) is 0 Å². The van der Waals surface area contributed by atoms with Gasteiger partial charge in [-0.25, -0.2) is 12.7 Å². The molecule has 0 atom stereocenters. The molecule has 0 aromatic carbocycles. The van der Waals surface area contributed by atoms with Crippen molar-refractivity contribution in [3.8, 4) is 0 Å². The summed E-state index contributed by atoms with van der Waals surface area (Å²) in [6.07, 6.45) is 1.92. The van der Waals surface area contributed by atoms with Gasteiger partial charge in [-0.2, -0.15) is 0 Å². The zero-order valence-electron chi connectivity index (χ0n) is 6.88. The Morgan fingerprint density at radius 1 is 1.45 bits per heavy atom. The molecule has 0 aliphatic rings. The monoisotopic (exact) mass is 199 g/mol. The second-order valence-electron chi connectivity index (χ2n) is 2.30. The maximum atomic E-state index is 11.0. The molecular weight excluding hydrogens is 186 g/mol. The van der Waals surface area contributed by atoms with Crippen LogP contribution in [0.1, 0.15) is 13.3 Å². The molecule has 0 aliphatic carbocycles. The number of rotatable bonds is 5. The van der Waals surface area contributed by atoms with Crippen LogP contribution in [0.3, 0.4) is 0 Å². The molecule has 0 heterocycles. The fraction of sp³-hybridized carbons (Fsp3) is 1.00. The standard InChI is InChI=1S/C6H14ClNO2S/c1-3-8(6-4-5-7)11(2,9)10/h3-6H2,1-2H3. The molecule has 0 saturated heterocycles. The van der Waals surface area contributed by atoms with Crippen molar-refractivity contribution in [1.82, 2.24) is 4.31 Å². The second-order valence-corrected chi connectivity index (χ2v) is 4.66. The Morgan fingerprint density at radius 2 is 2.00 bits per heavy atom. The largest absolute Gasteiger partial charge is 0.213 e. The van der Waals surface area contributed by atoms with Gasteiger partial charge in [0.15, 0.2) is 0 Å². The molecule has 0 fully saturated rings. The lowest BCUT2D eigenvalue weighted by atomic mass is 10.5.